The normalized spacial score (nSPS) is 26.5. The smallest absolute Gasteiger partial charge is 1.00 e. The van der Waals surface area contributed by atoms with Crippen LogP contribution in [0.1, 0.15) is 40.5 Å². The maximum absolute atomic E-state index is 2.36. The maximum Gasteiger partial charge on any atom is 3.00 e. The molecule has 1 saturated carbocycles. The Morgan fingerprint density at radius 2 is 1.67 bits per heavy atom. The molecule has 12 heavy (non-hydrogen) atoms. The fraction of sp³-hybridized carbons (Fsp3) is 0.889. The largest absolute Gasteiger partial charge is 3.00 e. The van der Waals surface area contributed by atoms with E-state index in [0.29, 0.717) is 5.41 Å². The van der Waals surface area contributed by atoms with Gasteiger partial charge in [-0.25, -0.2) is 0 Å². The first-order valence-corrected chi connectivity index (χ1v) is 3.88. The summed E-state index contributed by atoms with van der Waals surface area (Å²) in [6.07, 6.45) is 2.76. The van der Waals surface area contributed by atoms with E-state index in [0.717, 1.165) is 5.92 Å². The van der Waals surface area contributed by atoms with Crippen LogP contribution in [0.5, 0.6) is 0 Å². The van der Waals surface area contributed by atoms with Crippen molar-refractivity contribution in [3.8, 4) is 0 Å². The minimum atomic E-state index is 0. The fourth-order valence-electron chi connectivity index (χ4n) is 1.54. The molecule has 3 heteroatoms. The molecule has 0 N–H and O–H groups in total. The standard InChI is InChI=1S/C9H17.2ClH.Ti/c1-7-5-6-8(2)9(7,3)4;;;/h7H,5-6H2,1-4H3;2*1H;/q-1;;;+3/p-2. The summed E-state index contributed by atoms with van der Waals surface area (Å²) in [6, 6.07) is 0. The van der Waals surface area contributed by atoms with E-state index in [2.05, 4.69) is 27.7 Å². The van der Waals surface area contributed by atoms with Crippen molar-refractivity contribution in [3.05, 3.63) is 5.92 Å². The molecule has 0 amide bonds. The van der Waals surface area contributed by atoms with Crippen molar-refractivity contribution in [2.24, 2.45) is 11.3 Å². The molecule has 0 aliphatic heterocycles. The summed E-state index contributed by atoms with van der Waals surface area (Å²) in [5.74, 6) is 2.59. The Morgan fingerprint density at radius 1 is 1.25 bits per heavy atom. The first-order valence-electron chi connectivity index (χ1n) is 3.88. The van der Waals surface area contributed by atoms with Gasteiger partial charge in [0.2, 0.25) is 0 Å². The Bertz CT molecular complexity index is 103. The van der Waals surface area contributed by atoms with Gasteiger partial charge >= 0.3 is 21.7 Å². The molecular weight excluding hydrogens is 227 g/mol. The molecule has 0 spiro atoms. The van der Waals surface area contributed by atoms with Crippen molar-refractivity contribution in [1.29, 1.82) is 0 Å². The van der Waals surface area contributed by atoms with Gasteiger partial charge in [0.25, 0.3) is 0 Å². The Morgan fingerprint density at radius 3 is 1.75 bits per heavy atom. The molecule has 1 atom stereocenters. The second-order valence-electron chi connectivity index (χ2n) is 3.94. The molecule has 0 heterocycles. The predicted molar refractivity (Wildman–Crippen MR) is 41.1 cm³/mol. The van der Waals surface area contributed by atoms with Crippen molar-refractivity contribution in [2.75, 3.05) is 0 Å². The van der Waals surface area contributed by atoms with Gasteiger partial charge in [-0.15, -0.1) is 0 Å². The molecule has 1 aliphatic carbocycles. The van der Waals surface area contributed by atoms with Crippen LogP contribution in [0.25, 0.3) is 0 Å². The average molecular weight is 244 g/mol. The summed E-state index contributed by atoms with van der Waals surface area (Å²) in [7, 11) is 0. The number of halogens is 2. The topological polar surface area (TPSA) is 0 Å². The molecule has 0 aromatic heterocycles. The third kappa shape index (κ3) is 3.58. The molecular formula is C9H17Cl2Ti. The SMILES string of the molecule is C[C-]1CCC(C)C1(C)C.[Cl-].[Cl-].[Ti+3]. The van der Waals surface area contributed by atoms with E-state index in [-0.39, 0.29) is 46.5 Å². The van der Waals surface area contributed by atoms with E-state index < -0.39 is 0 Å². The van der Waals surface area contributed by atoms with E-state index >= 15 is 0 Å². The zero-order valence-corrected chi connectivity index (χ0v) is 11.3. The van der Waals surface area contributed by atoms with Gasteiger partial charge in [-0.05, 0) is 0 Å². The first-order chi connectivity index (χ1) is 4.05. The molecule has 1 radical (unpaired) electrons. The second kappa shape index (κ2) is 6.70. The third-order valence-electron chi connectivity index (χ3n) is 3.28. The first kappa shape index (κ1) is 19.0. The van der Waals surface area contributed by atoms with Gasteiger partial charge in [0.1, 0.15) is 0 Å². The van der Waals surface area contributed by atoms with E-state index in [1.807, 2.05) is 0 Å². The fourth-order valence-corrected chi connectivity index (χ4v) is 1.54. The molecule has 0 saturated heterocycles. The Kier molecular flexibility index (Phi) is 10.6. The van der Waals surface area contributed by atoms with Gasteiger partial charge in [0.05, 0.1) is 0 Å². The molecule has 1 fully saturated rings. The molecule has 0 bridgehead atoms. The molecule has 0 nitrogen and oxygen atoms in total. The van der Waals surface area contributed by atoms with E-state index in [1.54, 1.807) is 5.92 Å². The quantitative estimate of drug-likeness (QED) is 0.315. The summed E-state index contributed by atoms with van der Waals surface area (Å²) in [6.45, 7) is 9.38. The van der Waals surface area contributed by atoms with E-state index in [4.69, 9.17) is 0 Å². The van der Waals surface area contributed by atoms with Crippen molar-refractivity contribution in [2.45, 2.75) is 40.5 Å². The predicted octanol–water partition coefficient (Wildman–Crippen LogP) is -2.96. The van der Waals surface area contributed by atoms with Crippen LogP contribution in [-0.4, -0.2) is 0 Å². The van der Waals surface area contributed by atoms with Crippen LogP contribution >= 0.6 is 0 Å². The molecule has 1 rings (SSSR count). The third-order valence-corrected chi connectivity index (χ3v) is 3.28. The summed E-state index contributed by atoms with van der Waals surface area (Å²) >= 11 is 0. The van der Waals surface area contributed by atoms with Gasteiger partial charge in [-0.2, -0.15) is 18.8 Å². The Balaban J connectivity index is -0.000000270. The number of hydrogen-bond donors (Lipinski definition) is 0. The van der Waals surface area contributed by atoms with Crippen molar-refractivity contribution >= 4 is 0 Å². The number of hydrogen-bond acceptors (Lipinski definition) is 0. The van der Waals surface area contributed by atoms with Crippen molar-refractivity contribution in [1.82, 2.24) is 0 Å². The van der Waals surface area contributed by atoms with E-state index in [9.17, 15) is 0 Å². The van der Waals surface area contributed by atoms with Crippen LogP contribution in [0, 0.1) is 17.3 Å². The van der Waals surface area contributed by atoms with Crippen LogP contribution in [0.4, 0.5) is 0 Å². The maximum atomic E-state index is 2.36. The van der Waals surface area contributed by atoms with Gasteiger partial charge in [0, 0.05) is 0 Å². The molecule has 0 aromatic rings. The van der Waals surface area contributed by atoms with Crippen LogP contribution < -0.4 is 24.8 Å². The van der Waals surface area contributed by atoms with Gasteiger partial charge in [0.15, 0.2) is 0 Å². The Labute approximate surface area is 104 Å². The van der Waals surface area contributed by atoms with Crippen molar-refractivity contribution in [3.63, 3.8) is 0 Å². The van der Waals surface area contributed by atoms with Crippen LogP contribution in [0.15, 0.2) is 0 Å². The van der Waals surface area contributed by atoms with Gasteiger partial charge in [-0.3, -0.25) is 0 Å². The minimum Gasteiger partial charge on any atom is -1.00 e. The Hall–Kier alpha value is 1.29. The monoisotopic (exact) mass is 243 g/mol. The molecule has 1 aliphatic rings. The number of rotatable bonds is 0. The van der Waals surface area contributed by atoms with Crippen LogP contribution in [0.3, 0.4) is 0 Å². The zero-order valence-electron chi connectivity index (χ0n) is 8.25. The van der Waals surface area contributed by atoms with Gasteiger partial charge < -0.3 is 30.7 Å². The molecule has 1 unspecified atom stereocenters. The summed E-state index contributed by atoms with van der Waals surface area (Å²) in [4.78, 5) is 0. The molecule has 71 valence electrons. The summed E-state index contributed by atoms with van der Waals surface area (Å²) in [5.41, 5.74) is 0.528. The summed E-state index contributed by atoms with van der Waals surface area (Å²) in [5, 5.41) is 0. The molecule has 0 aromatic carbocycles. The van der Waals surface area contributed by atoms with Gasteiger partial charge in [-0.1, -0.05) is 33.1 Å². The van der Waals surface area contributed by atoms with E-state index in [1.165, 1.54) is 12.8 Å². The van der Waals surface area contributed by atoms with Crippen molar-refractivity contribution < 1.29 is 46.5 Å². The average Bonchev–Trinajstić information content (AvgIpc) is 1.96. The minimum absolute atomic E-state index is 0. The summed E-state index contributed by atoms with van der Waals surface area (Å²) < 4.78 is 0. The zero-order chi connectivity index (χ0) is 7.07. The second-order valence-corrected chi connectivity index (χ2v) is 3.94. The van der Waals surface area contributed by atoms with Crippen LogP contribution in [0.2, 0.25) is 0 Å². The van der Waals surface area contributed by atoms with Crippen LogP contribution in [-0.2, 0) is 21.7 Å².